The monoisotopic (exact) mass is 554 g/mol. The zero-order valence-corrected chi connectivity index (χ0v) is 22.3. The van der Waals surface area contributed by atoms with Crippen LogP contribution in [0.25, 0.3) is 33.8 Å². The Morgan fingerprint density at radius 1 is 0.833 bits per heavy atom. The fraction of sp³-hybridized carbons (Fsp3) is 0.0625. The molecule has 3 aromatic carbocycles. The van der Waals surface area contributed by atoms with Crippen molar-refractivity contribution in [2.24, 2.45) is 0 Å². The molecule has 0 aliphatic carbocycles. The van der Waals surface area contributed by atoms with Gasteiger partial charge >= 0.3 is 5.97 Å². The SMILES string of the molecule is CCOC(=O)c1ccc(-n2c(N)c(C#N)c(-c3ccc(-n4nc(-c5ccccc5)ccc4=O)cc3)c(C#N)c2=O)cc1. The van der Waals surface area contributed by atoms with E-state index in [1.807, 2.05) is 42.5 Å². The highest BCUT2D eigenvalue weighted by atomic mass is 16.5. The van der Waals surface area contributed by atoms with Crippen LogP contribution in [-0.2, 0) is 4.74 Å². The summed E-state index contributed by atoms with van der Waals surface area (Å²) in [7, 11) is 0. The van der Waals surface area contributed by atoms with Crippen LogP contribution in [0.1, 0.15) is 28.4 Å². The molecule has 42 heavy (non-hydrogen) atoms. The summed E-state index contributed by atoms with van der Waals surface area (Å²) in [5.74, 6) is -0.694. The van der Waals surface area contributed by atoms with Gasteiger partial charge in [-0.1, -0.05) is 42.5 Å². The maximum absolute atomic E-state index is 13.5. The third kappa shape index (κ3) is 4.92. The van der Waals surface area contributed by atoms with Gasteiger partial charge in [0.1, 0.15) is 29.1 Å². The van der Waals surface area contributed by atoms with Gasteiger partial charge < -0.3 is 10.5 Å². The van der Waals surface area contributed by atoms with Crippen LogP contribution >= 0.6 is 0 Å². The van der Waals surface area contributed by atoms with Crippen molar-refractivity contribution < 1.29 is 9.53 Å². The molecule has 10 heteroatoms. The van der Waals surface area contributed by atoms with Crippen LogP contribution in [0.3, 0.4) is 0 Å². The van der Waals surface area contributed by atoms with Crippen LogP contribution in [0.5, 0.6) is 0 Å². The number of benzene rings is 3. The molecule has 0 bridgehead atoms. The zero-order valence-electron chi connectivity index (χ0n) is 22.3. The van der Waals surface area contributed by atoms with E-state index in [2.05, 4.69) is 5.10 Å². The Morgan fingerprint density at radius 2 is 1.48 bits per heavy atom. The molecule has 5 aromatic rings. The molecular weight excluding hydrogens is 532 g/mol. The smallest absolute Gasteiger partial charge is 0.338 e. The predicted molar refractivity (Wildman–Crippen MR) is 156 cm³/mol. The number of carbonyl (C=O) groups excluding carboxylic acids is 1. The quantitative estimate of drug-likeness (QED) is 0.306. The number of nitrogen functional groups attached to an aromatic ring is 1. The summed E-state index contributed by atoms with van der Waals surface area (Å²) in [4.78, 5) is 38.2. The summed E-state index contributed by atoms with van der Waals surface area (Å²) >= 11 is 0. The topological polar surface area (TPSA) is 157 Å². The van der Waals surface area contributed by atoms with Crippen molar-refractivity contribution in [1.29, 1.82) is 10.5 Å². The minimum atomic E-state index is -0.731. The number of anilines is 1. The minimum absolute atomic E-state index is 0.0743. The zero-order chi connectivity index (χ0) is 29.8. The standard InChI is InChI=1S/C32H22N6O4/c1-2-42-32(41)22-10-12-23(13-11-22)37-30(35)25(18-33)29(26(19-34)31(37)40)21-8-14-24(15-9-21)38-28(39)17-16-27(36-38)20-6-4-3-5-7-20/h3-17H,2,35H2,1H3. The molecule has 0 aliphatic rings. The van der Waals surface area contributed by atoms with E-state index in [9.17, 15) is 24.9 Å². The number of rotatable bonds is 6. The van der Waals surface area contributed by atoms with Crippen molar-refractivity contribution in [3.05, 3.63) is 128 Å². The first-order chi connectivity index (χ1) is 20.4. The average Bonchev–Trinajstić information content (AvgIpc) is 3.02. The van der Waals surface area contributed by atoms with Crippen LogP contribution in [0.2, 0.25) is 0 Å². The fourth-order valence-corrected chi connectivity index (χ4v) is 4.54. The summed E-state index contributed by atoms with van der Waals surface area (Å²) in [6.07, 6.45) is 0. The maximum atomic E-state index is 13.5. The molecule has 2 heterocycles. The van der Waals surface area contributed by atoms with E-state index < -0.39 is 11.5 Å². The highest BCUT2D eigenvalue weighted by Crippen LogP contribution is 2.31. The number of esters is 1. The van der Waals surface area contributed by atoms with Crippen molar-refractivity contribution in [1.82, 2.24) is 14.3 Å². The average molecular weight is 555 g/mol. The van der Waals surface area contributed by atoms with Crippen LogP contribution in [0.4, 0.5) is 5.82 Å². The molecule has 2 N–H and O–H groups in total. The largest absolute Gasteiger partial charge is 0.462 e. The van der Waals surface area contributed by atoms with Gasteiger partial charge in [0.05, 0.1) is 29.2 Å². The molecular formula is C32H22N6O4. The van der Waals surface area contributed by atoms with Crippen molar-refractivity contribution in [3.8, 4) is 45.9 Å². The molecule has 0 atom stereocenters. The lowest BCUT2D eigenvalue weighted by Gasteiger charge is -2.16. The van der Waals surface area contributed by atoms with Crippen LogP contribution in [0, 0.1) is 22.7 Å². The lowest BCUT2D eigenvalue weighted by atomic mass is 9.96. The van der Waals surface area contributed by atoms with E-state index in [1.165, 1.54) is 35.0 Å². The second-order valence-electron chi connectivity index (χ2n) is 9.02. The number of ether oxygens (including phenoxy) is 1. The molecule has 0 radical (unpaired) electrons. The summed E-state index contributed by atoms with van der Waals surface area (Å²) in [6.45, 7) is 1.90. The number of aromatic nitrogens is 3. The molecule has 0 aliphatic heterocycles. The second kappa shape index (κ2) is 11.5. The first kappa shape index (κ1) is 27.3. The molecule has 10 nitrogen and oxygen atoms in total. The molecule has 0 spiro atoms. The van der Waals surface area contributed by atoms with E-state index in [0.29, 0.717) is 16.9 Å². The van der Waals surface area contributed by atoms with E-state index in [0.717, 1.165) is 10.1 Å². The van der Waals surface area contributed by atoms with Gasteiger partial charge in [0.2, 0.25) is 0 Å². The first-order valence-electron chi connectivity index (χ1n) is 12.8. The van der Waals surface area contributed by atoms with Crippen LogP contribution in [0.15, 0.2) is 101 Å². The van der Waals surface area contributed by atoms with Crippen LogP contribution < -0.4 is 16.9 Å². The molecule has 0 unspecified atom stereocenters. The van der Waals surface area contributed by atoms with Gasteiger partial charge in [-0.15, -0.1) is 0 Å². The normalized spacial score (nSPS) is 10.5. The molecule has 0 amide bonds. The maximum Gasteiger partial charge on any atom is 0.338 e. The third-order valence-electron chi connectivity index (χ3n) is 6.54. The van der Waals surface area contributed by atoms with Crippen molar-refractivity contribution >= 4 is 11.8 Å². The fourth-order valence-electron chi connectivity index (χ4n) is 4.54. The number of carbonyl (C=O) groups is 1. The van der Waals surface area contributed by atoms with Gasteiger partial charge in [0, 0.05) is 17.2 Å². The van der Waals surface area contributed by atoms with Gasteiger partial charge in [-0.05, 0) is 55.0 Å². The van der Waals surface area contributed by atoms with Gasteiger partial charge in [-0.2, -0.15) is 20.3 Å². The Kier molecular flexibility index (Phi) is 7.45. The minimum Gasteiger partial charge on any atom is -0.462 e. The molecule has 0 fully saturated rings. The van der Waals surface area contributed by atoms with E-state index in [4.69, 9.17) is 10.5 Å². The summed E-state index contributed by atoms with van der Waals surface area (Å²) in [5.41, 5.74) is 7.77. The van der Waals surface area contributed by atoms with Crippen molar-refractivity contribution in [3.63, 3.8) is 0 Å². The Morgan fingerprint density at radius 3 is 2.10 bits per heavy atom. The number of nitrogens with two attached hydrogens (primary N) is 1. The molecule has 2 aromatic heterocycles. The Hall–Kier alpha value is -6.26. The van der Waals surface area contributed by atoms with Gasteiger partial charge in [0.15, 0.2) is 0 Å². The van der Waals surface area contributed by atoms with E-state index in [-0.39, 0.29) is 45.9 Å². The lowest BCUT2D eigenvalue weighted by molar-refractivity contribution is 0.0526. The molecule has 5 rings (SSSR count). The summed E-state index contributed by atoms with van der Waals surface area (Å²) < 4.78 is 7.29. The summed E-state index contributed by atoms with van der Waals surface area (Å²) in [6, 6.07) is 28.7. The first-order valence-corrected chi connectivity index (χ1v) is 12.8. The summed E-state index contributed by atoms with van der Waals surface area (Å²) in [5, 5.41) is 24.5. The lowest BCUT2D eigenvalue weighted by Crippen LogP contribution is -2.26. The number of nitriles is 2. The molecule has 0 saturated heterocycles. The predicted octanol–water partition coefficient (Wildman–Crippen LogP) is 4.22. The van der Waals surface area contributed by atoms with Gasteiger partial charge in [-0.25, -0.2) is 4.79 Å². The molecule has 204 valence electrons. The number of pyridine rings is 1. The Balaban J connectivity index is 1.59. The van der Waals surface area contributed by atoms with Crippen LogP contribution in [-0.4, -0.2) is 26.9 Å². The number of nitrogens with zero attached hydrogens (tertiary/aromatic N) is 5. The highest BCUT2D eigenvalue weighted by Gasteiger charge is 2.23. The number of hydrogen-bond donors (Lipinski definition) is 1. The Labute approximate surface area is 239 Å². The van der Waals surface area contributed by atoms with E-state index >= 15 is 0 Å². The van der Waals surface area contributed by atoms with Crippen molar-refractivity contribution in [2.45, 2.75) is 6.92 Å². The van der Waals surface area contributed by atoms with Crippen molar-refractivity contribution in [2.75, 3.05) is 12.3 Å². The Bertz CT molecular complexity index is 2020. The second-order valence-corrected chi connectivity index (χ2v) is 9.02. The van der Waals surface area contributed by atoms with E-state index in [1.54, 1.807) is 37.3 Å². The highest BCUT2D eigenvalue weighted by molar-refractivity contribution is 5.89. The van der Waals surface area contributed by atoms with Gasteiger partial charge in [0.25, 0.3) is 11.1 Å². The molecule has 0 saturated carbocycles. The third-order valence-corrected chi connectivity index (χ3v) is 6.54. The van der Waals surface area contributed by atoms with Gasteiger partial charge in [-0.3, -0.25) is 14.2 Å². The number of hydrogen-bond acceptors (Lipinski definition) is 8.